The molecule has 2 amide bonds. The van der Waals surface area contributed by atoms with Gasteiger partial charge in [0.05, 0.1) is 6.61 Å². The van der Waals surface area contributed by atoms with Crippen molar-refractivity contribution in [3.05, 3.63) is 137 Å². The van der Waals surface area contributed by atoms with Crippen LogP contribution in [0.25, 0.3) is 11.1 Å². The molecular weight excluding hydrogens is 577 g/mol. The van der Waals surface area contributed by atoms with Crippen LogP contribution in [0, 0.1) is 6.92 Å². The predicted molar refractivity (Wildman–Crippen MR) is 175 cm³/mol. The van der Waals surface area contributed by atoms with Gasteiger partial charge in [-0.25, -0.2) is 4.79 Å². The third-order valence-electron chi connectivity index (χ3n) is 6.56. The number of carbonyl (C=O) groups is 3. The molecule has 0 aliphatic rings. The fourth-order valence-electron chi connectivity index (χ4n) is 4.54. The molecule has 0 saturated heterocycles. The van der Waals surface area contributed by atoms with Gasteiger partial charge in [0, 0.05) is 27.1 Å². The quantitative estimate of drug-likeness (QED) is 0.123. The van der Waals surface area contributed by atoms with E-state index in [1.807, 2.05) is 115 Å². The highest BCUT2D eigenvalue weighted by molar-refractivity contribution is 8.00. The summed E-state index contributed by atoms with van der Waals surface area (Å²) in [6, 6.07) is 33.8. The van der Waals surface area contributed by atoms with Gasteiger partial charge in [0.1, 0.15) is 15.8 Å². The lowest BCUT2D eigenvalue weighted by Crippen LogP contribution is -2.20. The monoisotopic (exact) mass is 606 g/mol. The second kappa shape index (κ2) is 14.0. The summed E-state index contributed by atoms with van der Waals surface area (Å²) in [6.45, 7) is 3.91. The first kappa shape index (κ1) is 29.8. The van der Waals surface area contributed by atoms with Crippen molar-refractivity contribution in [1.82, 2.24) is 0 Å². The highest BCUT2D eigenvalue weighted by atomic mass is 32.2. The molecule has 1 unspecified atom stereocenters. The fraction of sp³-hybridized carbons (Fsp3) is 0.114. The zero-order valence-corrected chi connectivity index (χ0v) is 25.3. The van der Waals surface area contributed by atoms with E-state index < -0.39 is 11.2 Å². The Balaban J connectivity index is 1.41. The minimum atomic E-state index is -0.638. The summed E-state index contributed by atoms with van der Waals surface area (Å²) in [6.07, 6.45) is 0. The second-order valence-corrected chi connectivity index (χ2v) is 11.7. The number of anilines is 2. The highest BCUT2D eigenvalue weighted by Gasteiger charge is 2.27. The van der Waals surface area contributed by atoms with E-state index in [0.29, 0.717) is 27.4 Å². The minimum Gasteiger partial charge on any atom is -0.462 e. The van der Waals surface area contributed by atoms with Crippen LogP contribution in [0.3, 0.4) is 0 Å². The standard InChI is InChI=1S/C35H30N2O4S2/c1-3-41-35(40)30-29(24-13-6-4-7-14-24)22-42-34(30)37-33(39)31(25-15-8-5-9-16-25)43-28-19-11-18-27(21-28)36-32(38)26-17-10-12-23(2)20-26/h4-22,31H,3H2,1-2H3,(H,36,38)(H,37,39). The van der Waals surface area contributed by atoms with Crippen molar-refractivity contribution in [2.24, 2.45) is 0 Å². The first-order valence-corrected chi connectivity index (χ1v) is 15.5. The third-order valence-corrected chi connectivity index (χ3v) is 8.70. The van der Waals surface area contributed by atoms with E-state index in [1.165, 1.54) is 23.1 Å². The SMILES string of the molecule is CCOC(=O)c1c(-c2ccccc2)csc1NC(=O)C(Sc1cccc(NC(=O)c2cccc(C)c2)c1)c1ccccc1. The van der Waals surface area contributed by atoms with Gasteiger partial charge in [-0.1, -0.05) is 84.4 Å². The number of amides is 2. The lowest BCUT2D eigenvalue weighted by Gasteiger charge is -2.18. The van der Waals surface area contributed by atoms with Crippen molar-refractivity contribution >= 4 is 51.6 Å². The molecule has 8 heteroatoms. The van der Waals surface area contributed by atoms with Gasteiger partial charge in [-0.05, 0) is 55.3 Å². The number of rotatable bonds is 10. The second-order valence-electron chi connectivity index (χ2n) is 9.69. The Kier molecular flexibility index (Phi) is 9.71. The van der Waals surface area contributed by atoms with E-state index in [-0.39, 0.29) is 18.4 Å². The van der Waals surface area contributed by atoms with E-state index in [9.17, 15) is 14.4 Å². The van der Waals surface area contributed by atoms with Gasteiger partial charge >= 0.3 is 5.97 Å². The highest BCUT2D eigenvalue weighted by Crippen LogP contribution is 2.40. The largest absolute Gasteiger partial charge is 0.462 e. The average molecular weight is 607 g/mol. The fourth-order valence-corrected chi connectivity index (χ4v) is 6.58. The van der Waals surface area contributed by atoms with Gasteiger partial charge in [0.15, 0.2) is 0 Å². The Bertz CT molecular complexity index is 1740. The van der Waals surface area contributed by atoms with Crippen molar-refractivity contribution in [1.29, 1.82) is 0 Å². The van der Waals surface area contributed by atoms with Crippen LogP contribution in [0.4, 0.5) is 10.7 Å². The Morgan fingerprint density at radius 2 is 1.56 bits per heavy atom. The normalized spacial score (nSPS) is 11.4. The first-order valence-electron chi connectivity index (χ1n) is 13.8. The van der Waals surface area contributed by atoms with Crippen LogP contribution in [0.1, 0.15) is 44.0 Å². The lowest BCUT2D eigenvalue weighted by atomic mass is 10.0. The molecule has 0 spiro atoms. The number of esters is 1. The smallest absolute Gasteiger partial charge is 0.341 e. The van der Waals surface area contributed by atoms with E-state index in [1.54, 1.807) is 13.0 Å². The summed E-state index contributed by atoms with van der Waals surface area (Å²) in [5.41, 5.74) is 4.91. The first-order chi connectivity index (χ1) is 20.9. The van der Waals surface area contributed by atoms with Crippen molar-refractivity contribution < 1.29 is 19.1 Å². The summed E-state index contributed by atoms with van der Waals surface area (Å²) in [5.74, 6) is -0.974. The molecule has 0 aliphatic carbocycles. The Hall–Kier alpha value is -4.66. The molecule has 2 N–H and O–H groups in total. The summed E-state index contributed by atoms with van der Waals surface area (Å²) < 4.78 is 5.37. The molecule has 6 nitrogen and oxygen atoms in total. The van der Waals surface area contributed by atoms with E-state index in [0.717, 1.165) is 21.6 Å². The molecule has 0 bridgehead atoms. The third kappa shape index (κ3) is 7.41. The number of benzene rings is 4. The molecule has 1 atom stereocenters. The van der Waals surface area contributed by atoms with Gasteiger partial charge in [-0.15, -0.1) is 23.1 Å². The Morgan fingerprint density at radius 3 is 2.28 bits per heavy atom. The number of ether oxygens (including phenoxy) is 1. The van der Waals surface area contributed by atoms with E-state index in [4.69, 9.17) is 4.74 Å². The summed E-state index contributed by atoms with van der Waals surface area (Å²) in [7, 11) is 0. The molecule has 1 aromatic heterocycles. The molecule has 4 aromatic carbocycles. The molecular formula is C35H30N2O4S2. The Labute approximate surface area is 259 Å². The van der Waals surface area contributed by atoms with Crippen LogP contribution in [-0.2, 0) is 9.53 Å². The topological polar surface area (TPSA) is 84.5 Å². The molecule has 216 valence electrons. The zero-order valence-electron chi connectivity index (χ0n) is 23.7. The maximum absolute atomic E-state index is 13.9. The van der Waals surface area contributed by atoms with Crippen molar-refractivity contribution in [2.45, 2.75) is 24.0 Å². The number of nitrogens with one attached hydrogen (secondary N) is 2. The zero-order chi connectivity index (χ0) is 30.2. The van der Waals surface area contributed by atoms with Crippen molar-refractivity contribution in [3.63, 3.8) is 0 Å². The molecule has 0 fully saturated rings. The van der Waals surface area contributed by atoms with Gasteiger partial charge in [0.25, 0.3) is 5.91 Å². The van der Waals surface area contributed by atoms with Crippen molar-refractivity contribution in [2.75, 3.05) is 17.2 Å². The van der Waals surface area contributed by atoms with Gasteiger partial charge in [-0.2, -0.15) is 0 Å². The number of thioether (sulfide) groups is 1. The molecule has 0 saturated carbocycles. The number of thiophene rings is 1. The molecule has 0 radical (unpaired) electrons. The predicted octanol–water partition coefficient (Wildman–Crippen LogP) is 8.62. The molecule has 5 rings (SSSR count). The average Bonchev–Trinajstić information content (AvgIpc) is 3.44. The molecule has 0 aliphatic heterocycles. The number of hydrogen-bond donors (Lipinski definition) is 2. The summed E-state index contributed by atoms with van der Waals surface area (Å²) in [4.78, 5) is 40.7. The number of carbonyl (C=O) groups excluding carboxylic acids is 3. The molecule has 1 heterocycles. The van der Waals surface area contributed by atoms with Crippen LogP contribution in [-0.4, -0.2) is 24.4 Å². The van der Waals surface area contributed by atoms with Crippen LogP contribution in [0.15, 0.2) is 119 Å². The minimum absolute atomic E-state index is 0.207. The Morgan fingerprint density at radius 1 is 0.837 bits per heavy atom. The van der Waals surface area contributed by atoms with Gasteiger partial charge in [-0.3, -0.25) is 9.59 Å². The summed E-state index contributed by atoms with van der Waals surface area (Å²) >= 11 is 2.65. The number of aryl methyl sites for hydroxylation is 1. The maximum atomic E-state index is 13.9. The van der Waals surface area contributed by atoms with Gasteiger partial charge < -0.3 is 15.4 Å². The maximum Gasteiger partial charge on any atom is 0.341 e. The van der Waals surface area contributed by atoms with Crippen LogP contribution < -0.4 is 10.6 Å². The van der Waals surface area contributed by atoms with Crippen molar-refractivity contribution in [3.8, 4) is 11.1 Å². The molecule has 43 heavy (non-hydrogen) atoms. The number of hydrogen-bond acceptors (Lipinski definition) is 6. The van der Waals surface area contributed by atoms with Gasteiger partial charge in [0.2, 0.25) is 5.91 Å². The van der Waals surface area contributed by atoms with E-state index >= 15 is 0 Å². The van der Waals surface area contributed by atoms with Crippen LogP contribution in [0.5, 0.6) is 0 Å². The molecule has 5 aromatic rings. The van der Waals surface area contributed by atoms with E-state index in [2.05, 4.69) is 10.6 Å². The lowest BCUT2D eigenvalue weighted by molar-refractivity contribution is -0.115. The summed E-state index contributed by atoms with van der Waals surface area (Å²) in [5, 5.41) is 7.64. The van der Waals surface area contributed by atoms with Crippen LogP contribution in [0.2, 0.25) is 0 Å². The van der Waals surface area contributed by atoms with Crippen LogP contribution >= 0.6 is 23.1 Å².